The van der Waals surface area contributed by atoms with Crippen LogP contribution in [0.2, 0.25) is 10.0 Å². The Morgan fingerprint density at radius 2 is 2.10 bits per heavy atom. The van der Waals surface area contributed by atoms with E-state index in [1.54, 1.807) is 18.2 Å². The first-order chi connectivity index (χ1) is 9.97. The van der Waals surface area contributed by atoms with Crippen LogP contribution in [0, 0.1) is 10.1 Å². The summed E-state index contributed by atoms with van der Waals surface area (Å²) < 4.78 is 6.63. The molecule has 1 unspecified atom stereocenters. The zero-order valence-electron chi connectivity index (χ0n) is 10.6. The number of aliphatic hydroxyl groups is 1. The number of nitrogens with zero attached hydrogens (tertiary/aromatic N) is 3. The monoisotopic (exact) mass is 331 g/mol. The maximum atomic E-state index is 10.5. The molecule has 1 aromatic carbocycles. The summed E-state index contributed by atoms with van der Waals surface area (Å²) in [5.74, 6) is 0.284. The van der Waals surface area contributed by atoms with Crippen LogP contribution in [0.4, 0.5) is 5.69 Å². The van der Waals surface area contributed by atoms with Gasteiger partial charge in [0, 0.05) is 0 Å². The van der Waals surface area contributed by atoms with Crippen molar-refractivity contribution in [3.8, 4) is 5.75 Å². The Labute approximate surface area is 129 Å². The summed E-state index contributed by atoms with van der Waals surface area (Å²) >= 11 is 11.9. The average Bonchev–Trinajstić information content (AvgIpc) is 2.87. The van der Waals surface area contributed by atoms with Crippen LogP contribution in [0.3, 0.4) is 0 Å². The summed E-state index contributed by atoms with van der Waals surface area (Å²) in [6.45, 7) is -0.0208. The number of hydrogen-bond donors (Lipinski definition) is 1. The number of benzene rings is 1. The van der Waals surface area contributed by atoms with Gasteiger partial charge in [-0.3, -0.25) is 14.8 Å². The molecule has 1 heterocycles. The van der Waals surface area contributed by atoms with Crippen molar-refractivity contribution < 1.29 is 14.8 Å². The number of para-hydroxylation sites is 1. The molecular formula is C12H11Cl2N3O4. The summed E-state index contributed by atoms with van der Waals surface area (Å²) in [6, 6.07) is 4.91. The molecule has 21 heavy (non-hydrogen) atoms. The SMILES string of the molecule is O=[N+]([O-])c1cnn(CC(O)COc2c(Cl)cccc2Cl)c1. The molecule has 7 nitrogen and oxygen atoms in total. The smallest absolute Gasteiger partial charge is 0.306 e. The minimum Gasteiger partial charge on any atom is -0.488 e. The van der Waals surface area contributed by atoms with Crippen molar-refractivity contribution in [1.82, 2.24) is 9.78 Å². The number of aromatic nitrogens is 2. The lowest BCUT2D eigenvalue weighted by Crippen LogP contribution is -2.24. The number of rotatable bonds is 6. The summed E-state index contributed by atoms with van der Waals surface area (Å²) in [7, 11) is 0. The first kappa shape index (κ1) is 15.6. The second kappa shape index (κ2) is 6.75. The molecule has 0 saturated heterocycles. The molecule has 1 aromatic heterocycles. The van der Waals surface area contributed by atoms with Crippen molar-refractivity contribution in [2.24, 2.45) is 0 Å². The molecule has 0 aliphatic carbocycles. The third kappa shape index (κ3) is 4.07. The standard InChI is InChI=1S/C12H11Cl2N3O4/c13-10-2-1-3-11(14)12(10)21-7-9(18)6-16-5-8(4-15-16)17(19)20/h1-5,9,18H,6-7H2. The molecule has 0 saturated carbocycles. The molecular weight excluding hydrogens is 321 g/mol. The van der Waals surface area contributed by atoms with Crippen LogP contribution >= 0.6 is 23.2 Å². The lowest BCUT2D eigenvalue weighted by atomic mass is 10.3. The highest BCUT2D eigenvalue weighted by Gasteiger charge is 2.14. The van der Waals surface area contributed by atoms with Gasteiger partial charge in [-0.1, -0.05) is 29.3 Å². The van der Waals surface area contributed by atoms with Gasteiger partial charge in [0.2, 0.25) is 0 Å². The zero-order chi connectivity index (χ0) is 15.4. The van der Waals surface area contributed by atoms with E-state index in [-0.39, 0.29) is 24.6 Å². The summed E-state index contributed by atoms with van der Waals surface area (Å²) in [4.78, 5) is 9.96. The highest BCUT2D eigenvalue weighted by molar-refractivity contribution is 6.37. The number of nitro groups is 1. The molecule has 2 rings (SSSR count). The van der Waals surface area contributed by atoms with Gasteiger partial charge >= 0.3 is 5.69 Å². The fourth-order valence-corrected chi connectivity index (χ4v) is 2.12. The Morgan fingerprint density at radius 3 is 2.67 bits per heavy atom. The van der Waals surface area contributed by atoms with Crippen LogP contribution in [0.15, 0.2) is 30.6 Å². The van der Waals surface area contributed by atoms with Gasteiger partial charge in [-0.05, 0) is 12.1 Å². The quantitative estimate of drug-likeness (QED) is 0.648. The second-order valence-corrected chi connectivity index (χ2v) is 5.01. The predicted octanol–water partition coefficient (Wildman–Crippen LogP) is 2.54. The minimum absolute atomic E-state index is 0.0515. The average molecular weight is 332 g/mol. The van der Waals surface area contributed by atoms with E-state index in [1.165, 1.54) is 10.9 Å². The predicted molar refractivity (Wildman–Crippen MR) is 76.8 cm³/mol. The maximum absolute atomic E-state index is 10.5. The molecule has 9 heteroatoms. The second-order valence-electron chi connectivity index (χ2n) is 4.19. The fourth-order valence-electron chi connectivity index (χ4n) is 1.62. The van der Waals surface area contributed by atoms with Crippen molar-refractivity contribution >= 4 is 28.9 Å². The highest BCUT2D eigenvalue weighted by Crippen LogP contribution is 2.32. The van der Waals surface area contributed by atoms with E-state index >= 15 is 0 Å². The molecule has 0 aliphatic heterocycles. The molecule has 0 bridgehead atoms. The van der Waals surface area contributed by atoms with Gasteiger partial charge in [0.05, 0.1) is 21.5 Å². The van der Waals surface area contributed by atoms with Gasteiger partial charge < -0.3 is 9.84 Å². The Kier molecular flexibility index (Phi) is 5.00. The van der Waals surface area contributed by atoms with Gasteiger partial charge in [0.25, 0.3) is 0 Å². The van der Waals surface area contributed by atoms with E-state index in [0.29, 0.717) is 10.0 Å². The van der Waals surface area contributed by atoms with Crippen LogP contribution in [-0.2, 0) is 6.54 Å². The Morgan fingerprint density at radius 1 is 1.43 bits per heavy atom. The number of hydrogen-bond acceptors (Lipinski definition) is 5. The summed E-state index contributed by atoms with van der Waals surface area (Å²) in [6.07, 6.45) is 1.42. The van der Waals surface area contributed by atoms with E-state index in [4.69, 9.17) is 27.9 Å². The summed E-state index contributed by atoms with van der Waals surface area (Å²) in [5.41, 5.74) is -0.141. The topological polar surface area (TPSA) is 90.4 Å². The summed E-state index contributed by atoms with van der Waals surface area (Å²) in [5, 5.41) is 24.8. The number of aliphatic hydroxyl groups excluding tert-OH is 1. The fraction of sp³-hybridized carbons (Fsp3) is 0.250. The Balaban J connectivity index is 1.92. The molecule has 0 radical (unpaired) electrons. The third-order valence-corrected chi connectivity index (χ3v) is 3.16. The Hall–Kier alpha value is -1.83. The molecule has 2 aromatic rings. The maximum Gasteiger partial charge on any atom is 0.306 e. The van der Waals surface area contributed by atoms with Crippen molar-refractivity contribution in [3.05, 3.63) is 50.8 Å². The number of ether oxygens (including phenoxy) is 1. The highest BCUT2D eigenvalue weighted by atomic mass is 35.5. The molecule has 0 fully saturated rings. The van der Waals surface area contributed by atoms with Gasteiger partial charge in [-0.25, -0.2) is 0 Å². The van der Waals surface area contributed by atoms with E-state index in [9.17, 15) is 15.2 Å². The van der Waals surface area contributed by atoms with Crippen LogP contribution in [0.5, 0.6) is 5.75 Å². The first-order valence-corrected chi connectivity index (χ1v) is 6.64. The lowest BCUT2D eigenvalue weighted by Gasteiger charge is -2.14. The van der Waals surface area contributed by atoms with Crippen molar-refractivity contribution in [3.63, 3.8) is 0 Å². The third-order valence-electron chi connectivity index (χ3n) is 2.57. The van der Waals surface area contributed by atoms with Crippen LogP contribution in [-0.4, -0.2) is 32.5 Å². The van der Waals surface area contributed by atoms with Crippen LogP contribution in [0.1, 0.15) is 0 Å². The molecule has 0 aliphatic rings. The Bertz CT molecular complexity index is 627. The normalized spacial score (nSPS) is 12.1. The molecule has 0 amide bonds. The minimum atomic E-state index is -0.920. The molecule has 112 valence electrons. The number of halogens is 2. The van der Waals surface area contributed by atoms with Crippen LogP contribution in [0.25, 0.3) is 0 Å². The van der Waals surface area contributed by atoms with Gasteiger partial charge in [-0.2, -0.15) is 5.10 Å². The van der Waals surface area contributed by atoms with E-state index in [0.717, 1.165) is 6.20 Å². The zero-order valence-corrected chi connectivity index (χ0v) is 12.2. The largest absolute Gasteiger partial charge is 0.488 e. The van der Waals surface area contributed by atoms with E-state index in [1.807, 2.05) is 0 Å². The van der Waals surface area contributed by atoms with Crippen molar-refractivity contribution in [1.29, 1.82) is 0 Å². The van der Waals surface area contributed by atoms with E-state index < -0.39 is 11.0 Å². The van der Waals surface area contributed by atoms with Crippen molar-refractivity contribution in [2.45, 2.75) is 12.6 Å². The van der Waals surface area contributed by atoms with Gasteiger partial charge in [0.15, 0.2) is 5.75 Å². The van der Waals surface area contributed by atoms with E-state index in [2.05, 4.69) is 5.10 Å². The van der Waals surface area contributed by atoms with Gasteiger partial charge in [-0.15, -0.1) is 0 Å². The van der Waals surface area contributed by atoms with Crippen molar-refractivity contribution in [2.75, 3.05) is 6.61 Å². The molecule has 0 spiro atoms. The van der Waals surface area contributed by atoms with Crippen LogP contribution < -0.4 is 4.74 Å². The lowest BCUT2D eigenvalue weighted by molar-refractivity contribution is -0.385. The first-order valence-electron chi connectivity index (χ1n) is 5.89. The van der Waals surface area contributed by atoms with Gasteiger partial charge in [0.1, 0.15) is 25.1 Å². The molecule has 1 N–H and O–H groups in total. The molecule has 1 atom stereocenters.